The smallest absolute Gasteiger partial charge is 0.220 e. The summed E-state index contributed by atoms with van der Waals surface area (Å²) < 4.78 is 0. The van der Waals surface area contributed by atoms with Gasteiger partial charge in [0.15, 0.2) is 0 Å². The molecule has 0 aromatic carbocycles. The van der Waals surface area contributed by atoms with Gasteiger partial charge in [-0.2, -0.15) is 0 Å². The number of amides is 1. The molecular weight excluding hydrogens is 286 g/mol. The van der Waals surface area contributed by atoms with E-state index >= 15 is 0 Å². The van der Waals surface area contributed by atoms with Crippen LogP contribution in [0.3, 0.4) is 0 Å². The van der Waals surface area contributed by atoms with Crippen LogP contribution in [0.1, 0.15) is 65.2 Å². The summed E-state index contributed by atoms with van der Waals surface area (Å²) in [5.41, 5.74) is 0. The van der Waals surface area contributed by atoms with Gasteiger partial charge in [0.2, 0.25) is 5.91 Å². The monoisotopic (exact) mass is 323 g/mol. The van der Waals surface area contributed by atoms with Crippen molar-refractivity contribution in [1.82, 2.24) is 15.5 Å². The molecule has 0 aromatic rings. The van der Waals surface area contributed by atoms with Crippen molar-refractivity contribution in [2.45, 2.75) is 71.3 Å². The Kier molecular flexibility index (Phi) is 8.38. The van der Waals surface area contributed by atoms with Crippen molar-refractivity contribution in [1.29, 1.82) is 0 Å². The van der Waals surface area contributed by atoms with Crippen molar-refractivity contribution in [2.24, 2.45) is 11.8 Å². The number of carbonyl (C=O) groups is 1. The number of carbonyl (C=O) groups excluding carboxylic acids is 1. The van der Waals surface area contributed by atoms with E-state index < -0.39 is 0 Å². The average Bonchev–Trinajstić information content (AvgIpc) is 2.60. The normalized spacial score (nSPS) is 26.4. The summed E-state index contributed by atoms with van der Waals surface area (Å²) in [6.45, 7) is 10.1. The van der Waals surface area contributed by atoms with Gasteiger partial charge in [0.25, 0.3) is 0 Å². The molecule has 4 heteroatoms. The van der Waals surface area contributed by atoms with Gasteiger partial charge in [0, 0.05) is 19.0 Å². The number of nitrogens with zero attached hydrogens (tertiary/aromatic N) is 1. The van der Waals surface area contributed by atoms with E-state index in [9.17, 15) is 4.79 Å². The molecule has 1 amide bonds. The average molecular weight is 324 g/mol. The van der Waals surface area contributed by atoms with E-state index in [0.717, 1.165) is 51.5 Å². The van der Waals surface area contributed by atoms with Gasteiger partial charge in [0.1, 0.15) is 0 Å². The highest BCUT2D eigenvalue weighted by molar-refractivity contribution is 5.76. The summed E-state index contributed by atoms with van der Waals surface area (Å²) >= 11 is 0. The maximum atomic E-state index is 12.4. The minimum atomic E-state index is 0.292. The predicted molar refractivity (Wildman–Crippen MR) is 96.5 cm³/mol. The van der Waals surface area contributed by atoms with Gasteiger partial charge < -0.3 is 15.5 Å². The predicted octanol–water partition coefficient (Wildman–Crippen LogP) is 2.78. The van der Waals surface area contributed by atoms with E-state index in [-0.39, 0.29) is 0 Å². The molecule has 1 saturated heterocycles. The second-order valence-corrected chi connectivity index (χ2v) is 7.44. The molecule has 2 aliphatic rings. The number of rotatable bonds is 8. The van der Waals surface area contributed by atoms with Crippen molar-refractivity contribution in [2.75, 3.05) is 32.7 Å². The van der Waals surface area contributed by atoms with Gasteiger partial charge in [0.05, 0.1) is 0 Å². The minimum Gasteiger partial charge on any atom is -0.353 e. The summed E-state index contributed by atoms with van der Waals surface area (Å²) in [6, 6.07) is 0.407. The molecule has 2 atom stereocenters. The highest BCUT2D eigenvalue weighted by Crippen LogP contribution is 2.26. The zero-order chi connectivity index (χ0) is 16.5. The number of hydrogen-bond acceptors (Lipinski definition) is 3. The summed E-state index contributed by atoms with van der Waals surface area (Å²) in [5, 5.41) is 6.78. The first-order valence-corrected chi connectivity index (χ1v) is 9.95. The van der Waals surface area contributed by atoms with Crippen LogP contribution in [0.5, 0.6) is 0 Å². The first-order valence-electron chi connectivity index (χ1n) is 9.95. The van der Waals surface area contributed by atoms with Gasteiger partial charge in [-0.3, -0.25) is 4.79 Å². The van der Waals surface area contributed by atoms with Crippen LogP contribution in [-0.4, -0.2) is 49.6 Å². The zero-order valence-corrected chi connectivity index (χ0v) is 15.3. The van der Waals surface area contributed by atoms with E-state index in [2.05, 4.69) is 29.4 Å². The molecule has 2 rings (SSSR count). The van der Waals surface area contributed by atoms with E-state index in [1.54, 1.807) is 0 Å². The lowest BCUT2D eigenvalue weighted by Crippen LogP contribution is -2.46. The Labute approximate surface area is 142 Å². The highest BCUT2D eigenvalue weighted by Gasteiger charge is 2.27. The van der Waals surface area contributed by atoms with Crippen molar-refractivity contribution >= 4 is 5.91 Å². The highest BCUT2D eigenvalue weighted by atomic mass is 16.1. The van der Waals surface area contributed by atoms with Crippen LogP contribution in [0.4, 0.5) is 0 Å². The van der Waals surface area contributed by atoms with E-state index in [0.29, 0.717) is 17.9 Å². The Morgan fingerprint density at radius 1 is 1.09 bits per heavy atom. The van der Waals surface area contributed by atoms with Crippen LogP contribution < -0.4 is 10.6 Å². The Morgan fingerprint density at radius 2 is 1.78 bits per heavy atom. The summed E-state index contributed by atoms with van der Waals surface area (Å²) in [5.74, 6) is 1.69. The molecule has 2 fully saturated rings. The molecule has 23 heavy (non-hydrogen) atoms. The van der Waals surface area contributed by atoms with Crippen LogP contribution in [0.15, 0.2) is 0 Å². The molecule has 0 bridgehead atoms. The molecule has 2 unspecified atom stereocenters. The van der Waals surface area contributed by atoms with Gasteiger partial charge in [-0.15, -0.1) is 0 Å². The molecule has 0 aromatic heterocycles. The van der Waals surface area contributed by atoms with Gasteiger partial charge in [-0.25, -0.2) is 0 Å². The van der Waals surface area contributed by atoms with Crippen molar-refractivity contribution < 1.29 is 4.79 Å². The fraction of sp³-hybridized carbons (Fsp3) is 0.947. The van der Waals surface area contributed by atoms with Gasteiger partial charge >= 0.3 is 0 Å². The van der Waals surface area contributed by atoms with Crippen LogP contribution >= 0.6 is 0 Å². The largest absolute Gasteiger partial charge is 0.353 e. The summed E-state index contributed by atoms with van der Waals surface area (Å²) in [4.78, 5) is 14.9. The van der Waals surface area contributed by atoms with Crippen molar-refractivity contribution in [3.8, 4) is 0 Å². The molecule has 1 aliphatic heterocycles. The Bertz CT molecular complexity index is 338. The Hall–Kier alpha value is -0.610. The third-order valence-corrected chi connectivity index (χ3v) is 5.88. The first-order chi connectivity index (χ1) is 11.2. The van der Waals surface area contributed by atoms with E-state index in [1.165, 1.54) is 38.5 Å². The third kappa shape index (κ3) is 6.42. The fourth-order valence-corrected chi connectivity index (χ4v) is 4.21. The fourth-order valence-electron chi connectivity index (χ4n) is 4.21. The molecule has 2 N–H and O–H groups in total. The molecule has 4 nitrogen and oxygen atoms in total. The second-order valence-electron chi connectivity index (χ2n) is 7.44. The van der Waals surface area contributed by atoms with Crippen LogP contribution in [-0.2, 0) is 4.79 Å². The van der Waals surface area contributed by atoms with Crippen LogP contribution in [0, 0.1) is 11.8 Å². The maximum absolute atomic E-state index is 12.4. The van der Waals surface area contributed by atoms with Crippen LogP contribution in [0.2, 0.25) is 0 Å². The van der Waals surface area contributed by atoms with Crippen LogP contribution in [0.25, 0.3) is 0 Å². The molecule has 134 valence electrons. The lowest BCUT2D eigenvalue weighted by molar-refractivity contribution is -0.122. The first kappa shape index (κ1) is 18.7. The minimum absolute atomic E-state index is 0.292. The topological polar surface area (TPSA) is 44.4 Å². The molecule has 0 radical (unpaired) electrons. The molecular formula is C19H37N3O. The van der Waals surface area contributed by atoms with Gasteiger partial charge in [-0.05, 0) is 70.1 Å². The third-order valence-electron chi connectivity index (χ3n) is 5.88. The Balaban J connectivity index is 1.74. The SMILES string of the molecule is CCN(CC)CC1CCCCC1NC(=O)CCC1CCNCC1. The second kappa shape index (κ2) is 10.3. The summed E-state index contributed by atoms with van der Waals surface area (Å²) in [7, 11) is 0. The van der Waals surface area contributed by atoms with Crippen molar-refractivity contribution in [3.05, 3.63) is 0 Å². The Morgan fingerprint density at radius 3 is 2.48 bits per heavy atom. The lowest BCUT2D eigenvalue weighted by Gasteiger charge is -2.35. The molecule has 1 aliphatic carbocycles. The molecule has 0 spiro atoms. The van der Waals surface area contributed by atoms with E-state index in [4.69, 9.17) is 0 Å². The number of nitrogens with one attached hydrogen (secondary N) is 2. The van der Waals surface area contributed by atoms with Gasteiger partial charge in [-0.1, -0.05) is 26.7 Å². The van der Waals surface area contributed by atoms with Crippen molar-refractivity contribution in [3.63, 3.8) is 0 Å². The zero-order valence-electron chi connectivity index (χ0n) is 15.3. The van der Waals surface area contributed by atoms with E-state index in [1.807, 2.05) is 0 Å². The quantitative estimate of drug-likeness (QED) is 0.722. The lowest BCUT2D eigenvalue weighted by atomic mass is 9.83. The molecule has 1 heterocycles. The molecule has 1 saturated carbocycles. The standard InChI is InChI=1S/C19H37N3O/c1-3-22(4-2)15-17-7-5-6-8-18(17)21-19(23)10-9-16-11-13-20-14-12-16/h16-18,20H,3-15H2,1-2H3,(H,21,23). The number of hydrogen-bond donors (Lipinski definition) is 2. The number of piperidine rings is 1. The summed E-state index contributed by atoms with van der Waals surface area (Å²) in [6.07, 6.45) is 9.31. The maximum Gasteiger partial charge on any atom is 0.220 e.